The first-order valence-corrected chi connectivity index (χ1v) is 10.4. The molecule has 1 unspecified atom stereocenters. The number of aliphatic imine (C=N–C) groups is 1. The minimum Gasteiger partial charge on any atom is -0.507 e. The Bertz CT molecular complexity index is 1140. The number of hydrogen-bond acceptors (Lipinski definition) is 7. The van der Waals surface area contributed by atoms with Crippen LogP contribution in [-0.4, -0.2) is 55.9 Å². The molecule has 1 saturated heterocycles. The van der Waals surface area contributed by atoms with E-state index < -0.39 is 23.8 Å². The van der Waals surface area contributed by atoms with Crippen LogP contribution in [0, 0.1) is 0 Å². The molecular weight excluding hydrogens is 436 g/mol. The van der Waals surface area contributed by atoms with E-state index in [1.807, 2.05) is 0 Å². The molecule has 1 amide bonds. The number of amides is 1. The standard InChI is InChI=1S/C22H20N2O7S/c1-3-24-19(26)18(10-13-6-4-5-7-17(13)31-12(2)20(27)28)32-22(24)23-14-8-9-15(21(29)30)16(25)11-14/h4-12,25H,3H2,1-2H3,(H,27,28)(H,29,30)/b18-10-,23-22?. The maximum atomic E-state index is 12.9. The van der Waals surface area contributed by atoms with Gasteiger partial charge in [-0.2, -0.15) is 0 Å². The Morgan fingerprint density at radius 1 is 1.22 bits per heavy atom. The molecule has 0 aromatic heterocycles. The second kappa shape index (κ2) is 9.56. The second-order valence-electron chi connectivity index (χ2n) is 6.70. The van der Waals surface area contributed by atoms with Crippen molar-refractivity contribution in [2.75, 3.05) is 6.54 Å². The zero-order valence-electron chi connectivity index (χ0n) is 17.2. The van der Waals surface area contributed by atoms with Gasteiger partial charge < -0.3 is 20.1 Å². The summed E-state index contributed by atoms with van der Waals surface area (Å²) in [5, 5.41) is 28.4. The second-order valence-corrected chi connectivity index (χ2v) is 7.71. The smallest absolute Gasteiger partial charge is 0.344 e. The van der Waals surface area contributed by atoms with E-state index in [1.54, 1.807) is 37.3 Å². The Labute approximate surface area is 187 Å². The van der Waals surface area contributed by atoms with Gasteiger partial charge in [-0.3, -0.25) is 9.69 Å². The number of carboxylic acid groups (broad SMARTS) is 2. The average Bonchev–Trinajstić information content (AvgIpc) is 3.03. The fourth-order valence-electron chi connectivity index (χ4n) is 2.84. The summed E-state index contributed by atoms with van der Waals surface area (Å²) in [6, 6.07) is 10.7. The number of likely N-dealkylation sites (N-methyl/N-ethyl adjacent to an activating group) is 1. The number of hydrogen-bond donors (Lipinski definition) is 3. The van der Waals surface area contributed by atoms with Gasteiger partial charge in [0, 0.05) is 18.2 Å². The lowest BCUT2D eigenvalue weighted by Crippen LogP contribution is -2.28. The van der Waals surface area contributed by atoms with Crippen molar-refractivity contribution in [3.63, 3.8) is 0 Å². The van der Waals surface area contributed by atoms with Gasteiger partial charge in [0.05, 0.1) is 10.6 Å². The third-order valence-electron chi connectivity index (χ3n) is 4.50. The number of carbonyl (C=O) groups excluding carboxylic acids is 1. The van der Waals surface area contributed by atoms with Crippen molar-refractivity contribution in [3.8, 4) is 11.5 Å². The average molecular weight is 456 g/mol. The zero-order valence-corrected chi connectivity index (χ0v) is 18.0. The summed E-state index contributed by atoms with van der Waals surface area (Å²) in [4.78, 5) is 41.3. The molecule has 1 fully saturated rings. The Balaban J connectivity index is 1.93. The number of rotatable bonds is 7. The molecule has 3 rings (SSSR count). The summed E-state index contributed by atoms with van der Waals surface area (Å²) >= 11 is 1.11. The summed E-state index contributed by atoms with van der Waals surface area (Å²) in [6.45, 7) is 3.54. The van der Waals surface area contributed by atoms with E-state index in [1.165, 1.54) is 30.0 Å². The molecule has 9 nitrogen and oxygen atoms in total. The summed E-state index contributed by atoms with van der Waals surface area (Å²) in [5.41, 5.74) is 0.586. The number of aromatic hydroxyl groups is 1. The molecule has 1 heterocycles. The van der Waals surface area contributed by atoms with E-state index in [-0.39, 0.29) is 11.5 Å². The Hall–Kier alpha value is -3.79. The highest BCUT2D eigenvalue weighted by Crippen LogP contribution is 2.36. The highest BCUT2D eigenvalue weighted by Gasteiger charge is 2.32. The minimum absolute atomic E-state index is 0.246. The number of carboxylic acids is 2. The van der Waals surface area contributed by atoms with Crippen molar-refractivity contribution < 1.29 is 34.4 Å². The van der Waals surface area contributed by atoms with Gasteiger partial charge in [-0.25, -0.2) is 14.6 Å². The SMILES string of the molecule is CCN1C(=O)/C(=C/c2ccccc2OC(C)C(=O)O)SC1=Nc1ccc(C(=O)O)c(O)c1. The number of para-hydroxylation sites is 1. The van der Waals surface area contributed by atoms with Crippen LogP contribution in [0.5, 0.6) is 11.5 Å². The largest absolute Gasteiger partial charge is 0.507 e. The van der Waals surface area contributed by atoms with E-state index >= 15 is 0 Å². The fraction of sp³-hybridized carbons (Fsp3) is 0.182. The quantitative estimate of drug-likeness (QED) is 0.538. The Kier molecular flexibility index (Phi) is 6.84. The monoisotopic (exact) mass is 456 g/mol. The normalized spacial score (nSPS) is 17.1. The maximum absolute atomic E-state index is 12.9. The van der Waals surface area contributed by atoms with Crippen molar-refractivity contribution >= 4 is 46.5 Å². The summed E-state index contributed by atoms with van der Waals surface area (Å²) < 4.78 is 5.49. The predicted octanol–water partition coefficient (Wildman–Crippen LogP) is 3.57. The number of amidine groups is 1. The number of thioether (sulfide) groups is 1. The van der Waals surface area contributed by atoms with Gasteiger partial charge >= 0.3 is 11.9 Å². The van der Waals surface area contributed by atoms with Gasteiger partial charge in [0.1, 0.15) is 17.1 Å². The molecule has 166 valence electrons. The third kappa shape index (κ3) is 4.92. The van der Waals surface area contributed by atoms with Crippen molar-refractivity contribution in [2.45, 2.75) is 20.0 Å². The first-order valence-electron chi connectivity index (χ1n) is 9.56. The van der Waals surface area contributed by atoms with E-state index in [0.717, 1.165) is 11.8 Å². The van der Waals surface area contributed by atoms with Gasteiger partial charge in [-0.1, -0.05) is 18.2 Å². The molecule has 1 aliphatic rings. The minimum atomic E-state index is -1.26. The molecule has 0 bridgehead atoms. The van der Waals surface area contributed by atoms with Crippen LogP contribution in [0.15, 0.2) is 52.4 Å². The maximum Gasteiger partial charge on any atom is 0.344 e. The predicted molar refractivity (Wildman–Crippen MR) is 119 cm³/mol. The van der Waals surface area contributed by atoms with Crippen LogP contribution < -0.4 is 4.74 Å². The molecular formula is C22H20N2O7S. The molecule has 0 radical (unpaired) electrons. The van der Waals surface area contributed by atoms with Crippen molar-refractivity contribution in [2.24, 2.45) is 4.99 Å². The van der Waals surface area contributed by atoms with Crippen LogP contribution in [-0.2, 0) is 9.59 Å². The number of carbonyl (C=O) groups is 3. The van der Waals surface area contributed by atoms with Gasteiger partial charge in [-0.05, 0) is 49.9 Å². The Morgan fingerprint density at radius 3 is 2.56 bits per heavy atom. The number of phenols is 1. The molecule has 0 aliphatic carbocycles. The number of aromatic carboxylic acids is 1. The van der Waals surface area contributed by atoms with Gasteiger partial charge in [0.15, 0.2) is 11.3 Å². The van der Waals surface area contributed by atoms with Gasteiger partial charge in [0.2, 0.25) is 0 Å². The summed E-state index contributed by atoms with van der Waals surface area (Å²) in [5.74, 6) is -2.76. The molecule has 3 N–H and O–H groups in total. The highest BCUT2D eigenvalue weighted by molar-refractivity contribution is 8.18. The molecule has 0 spiro atoms. The molecule has 2 aromatic rings. The van der Waals surface area contributed by atoms with Crippen LogP contribution in [0.4, 0.5) is 5.69 Å². The lowest BCUT2D eigenvalue weighted by molar-refractivity contribution is -0.144. The van der Waals surface area contributed by atoms with E-state index in [4.69, 9.17) is 14.9 Å². The van der Waals surface area contributed by atoms with E-state index in [2.05, 4.69) is 4.99 Å². The first-order chi connectivity index (χ1) is 15.2. The van der Waals surface area contributed by atoms with E-state index in [9.17, 15) is 19.5 Å². The fourth-order valence-corrected chi connectivity index (χ4v) is 3.89. The number of benzene rings is 2. The number of ether oxygens (including phenoxy) is 1. The highest BCUT2D eigenvalue weighted by atomic mass is 32.2. The van der Waals surface area contributed by atoms with Crippen molar-refractivity contribution in [3.05, 3.63) is 58.5 Å². The van der Waals surface area contributed by atoms with Gasteiger partial charge in [-0.15, -0.1) is 0 Å². The van der Waals surface area contributed by atoms with Crippen molar-refractivity contribution in [1.82, 2.24) is 4.90 Å². The number of aliphatic carboxylic acids is 1. The molecule has 0 saturated carbocycles. The lowest BCUT2D eigenvalue weighted by Gasteiger charge is -2.13. The molecule has 2 aromatic carbocycles. The summed E-state index contributed by atoms with van der Waals surface area (Å²) in [6.07, 6.45) is 0.541. The Morgan fingerprint density at radius 2 is 1.94 bits per heavy atom. The van der Waals surface area contributed by atoms with Crippen LogP contribution in [0.2, 0.25) is 0 Å². The molecule has 1 aliphatic heterocycles. The van der Waals surface area contributed by atoms with Crippen LogP contribution in [0.25, 0.3) is 6.08 Å². The van der Waals surface area contributed by atoms with Crippen LogP contribution in [0.3, 0.4) is 0 Å². The zero-order chi connectivity index (χ0) is 23.4. The van der Waals surface area contributed by atoms with Crippen molar-refractivity contribution in [1.29, 1.82) is 0 Å². The van der Waals surface area contributed by atoms with Crippen LogP contribution in [0.1, 0.15) is 29.8 Å². The lowest BCUT2D eigenvalue weighted by atomic mass is 10.2. The number of nitrogens with zero attached hydrogens (tertiary/aromatic N) is 2. The van der Waals surface area contributed by atoms with Gasteiger partial charge in [0.25, 0.3) is 5.91 Å². The van der Waals surface area contributed by atoms with E-state index in [0.29, 0.717) is 33.6 Å². The third-order valence-corrected chi connectivity index (χ3v) is 5.50. The molecule has 10 heteroatoms. The van der Waals surface area contributed by atoms with Crippen LogP contribution >= 0.6 is 11.8 Å². The topological polar surface area (TPSA) is 137 Å². The molecule has 1 atom stereocenters. The molecule has 32 heavy (non-hydrogen) atoms. The summed E-state index contributed by atoms with van der Waals surface area (Å²) in [7, 11) is 0. The first kappa shape index (κ1) is 22.9.